The Labute approximate surface area is 153 Å². The molecule has 136 valence electrons. The molecule has 2 aromatic rings. The zero-order valence-corrected chi connectivity index (χ0v) is 14.5. The number of nitro groups is 1. The topological polar surface area (TPSA) is 108 Å². The fourth-order valence-electron chi connectivity index (χ4n) is 2.63. The SMILES string of the molecule is COc1cncc(OC2CCN(C(=O)c3cc([N+](=O)[O-])ccc3Cl)C2)n1. The minimum absolute atomic E-state index is 0.0997. The largest absolute Gasteiger partial charge is 0.480 e. The first-order valence-corrected chi connectivity index (χ1v) is 8.11. The number of rotatable bonds is 5. The summed E-state index contributed by atoms with van der Waals surface area (Å²) in [7, 11) is 1.48. The van der Waals surface area contributed by atoms with Crippen LogP contribution in [0.3, 0.4) is 0 Å². The molecule has 1 fully saturated rings. The quantitative estimate of drug-likeness (QED) is 0.580. The number of nitro benzene ring substituents is 1. The molecule has 9 nitrogen and oxygen atoms in total. The van der Waals surface area contributed by atoms with E-state index in [2.05, 4.69) is 9.97 Å². The van der Waals surface area contributed by atoms with Gasteiger partial charge in [-0.25, -0.2) is 0 Å². The molecule has 1 aliphatic heterocycles. The van der Waals surface area contributed by atoms with Crippen molar-refractivity contribution in [2.75, 3.05) is 20.2 Å². The molecule has 3 rings (SSSR count). The van der Waals surface area contributed by atoms with E-state index < -0.39 is 4.92 Å². The van der Waals surface area contributed by atoms with E-state index in [0.717, 1.165) is 0 Å². The average Bonchev–Trinajstić information content (AvgIpc) is 3.10. The smallest absolute Gasteiger partial charge is 0.270 e. The Bertz CT molecular complexity index is 847. The van der Waals surface area contributed by atoms with Gasteiger partial charge in [-0.2, -0.15) is 4.98 Å². The monoisotopic (exact) mass is 378 g/mol. The van der Waals surface area contributed by atoms with Crippen LogP contribution in [0.15, 0.2) is 30.6 Å². The van der Waals surface area contributed by atoms with Crippen molar-refractivity contribution < 1.29 is 19.2 Å². The molecule has 0 spiro atoms. The van der Waals surface area contributed by atoms with Gasteiger partial charge in [-0.1, -0.05) is 11.6 Å². The molecule has 1 aromatic carbocycles. The van der Waals surface area contributed by atoms with Gasteiger partial charge in [-0.15, -0.1) is 0 Å². The summed E-state index contributed by atoms with van der Waals surface area (Å²) in [5, 5.41) is 11.1. The van der Waals surface area contributed by atoms with Crippen LogP contribution in [0.1, 0.15) is 16.8 Å². The summed E-state index contributed by atoms with van der Waals surface area (Å²) in [5.41, 5.74) is -0.0842. The van der Waals surface area contributed by atoms with Gasteiger partial charge in [0.15, 0.2) is 0 Å². The number of carbonyl (C=O) groups is 1. The zero-order valence-electron chi connectivity index (χ0n) is 13.8. The molecule has 1 atom stereocenters. The Morgan fingerprint density at radius 3 is 2.88 bits per heavy atom. The number of halogens is 1. The van der Waals surface area contributed by atoms with Crippen LogP contribution >= 0.6 is 11.6 Å². The van der Waals surface area contributed by atoms with Crippen LogP contribution in [0.4, 0.5) is 5.69 Å². The molecule has 1 unspecified atom stereocenters. The first kappa shape index (κ1) is 17.9. The fourth-order valence-corrected chi connectivity index (χ4v) is 2.83. The molecule has 0 bridgehead atoms. The number of aromatic nitrogens is 2. The van der Waals surface area contributed by atoms with Crippen LogP contribution < -0.4 is 9.47 Å². The van der Waals surface area contributed by atoms with Crippen LogP contribution in [0.5, 0.6) is 11.8 Å². The van der Waals surface area contributed by atoms with E-state index in [4.69, 9.17) is 21.1 Å². The van der Waals surface area contributed by atoms with Crippen molar-refractivity contribution in [1.82, 2.24) is 14.9 Å². The fraction of sp³-hybridized carbons (Fsp3) is 0.312. The maximum absolute atomic E-state index is 12.7. The van der Waals surface area contributed by atoms with E-state index in [-0.39, 0.29) is 28.3 Å². The van der Waals surface area contributed by atoms with Gasteiger partial charge < -0.3 is 14.4 Å². The lowest BCUT2D eigenvalue weighted by Gasteiger charge is -2.17. The van der Waals surface area contributed by atoms with E-state index in [9.17, 15) is 14.9 Å². The lowest BCUT2D eigenvalue weighted by Crippen LogP contribution is -2.31. The van der Waals surface area contributed by atoms with E-state index in [1.807, 2.05) is 0 Å². The van der Waals surface area contributed by atoms with Crippen molar-refractivity contribution in [3.05, 3.63) is 51.3 Å². The highest BCUT2D eigenvalue weighted by Gasteiger charge is 2.30. The number of hydrogen-bond donors (Lipinski definition) is 0. The van der Waals surface area contributed by atoms with E-state index in [0.29, 0.717) is 31.3 Å². The van der Waals surface area contributed by atoms with Crippen LogP contribution in [0.25, 0.3) is 0 Å². The maximum Gasteiger partial charge on any atom is 0.270 e. The molecule has 1 amide bonds. The summed E-state index contributed by atoms with van der Waals surface area (Å²) in [4.78, 5) is 32.6. The Morgan fingerprint density at radius 1 is 1.38 bits per heavy atom. The minimum Gasteiger partial charge on any atom is -0.480 e. The highest BCUT2D eigenvalue weighted by molar-refractivity contribution is 6.33. The van der Waals surface area contributed by atoms with Crippen molar-refractivity contribution in [2.45, 2.75) is 12.5 Å². The predicted octanol–water partition coefficient (Wildman–Crippen LogP) is 2.34. The van der Waals surface area contributed by atoms with Crippen molar-refractivity contribution in [2.24, 2.45) is 0 Å². The molecule has 26 heavy (non-hydrogen) atoms. The number of ether oxygens (including phenoxy) is 2. The summed E-state index contributed by atoms with van der Waals surface area (Å²) in [6, 6.07) is 3.80. The third-order valence-corrected chi connectivity index (χ3v) is 4.24. The summed E-state index contributed by atoms with van der Waals surface area (Å²) in [5.74, 6) is 0.260. The van der Waals surface area contributed by atoms with Crippen molar-refractivity contribution in [1.29, 1.82) is 0 Å². The summed E-state index contributed by atoms with van der Waals surface area (Å²) < 4.78 is 10.7. The molecular weight excluding hydrogens is 364 g/mol. The molecule has 1 saturated heterocycles. The second-order valence-corrected chi connectivity index (χ2v) is 6.01. The van der Waals surface area contributed by atoms with Crippen LogP contribution in [0, 0.1) is 10.1 Å². The first-order chi connectivity index (χ1) is 12.5. The number of hydrogen-bond acceptors (Lipinski definition) is 7. The first-order valence-electron chi connectivity index (χ1n) is 7.74. The van der Waals surface area contributed by atoms with E-state index in [1.165, 1.54) is 37.7 Å². The Kier molecular flexibility index (Phi) is 5.17. The van der Waals surface area contributed by atoms with E-state index >= 15 is 0 Å². The molecular formula is C16H15ClN4O5. The number of benzene rings is 1. The second kappa shape index (κ2) is 7.52. The van der Waals surface area contributed by atoms with Gasteiger partial charge in [0.1, 0.15) is 6.10 Å². The Balaban J connectivity index is 1.69. The zero-order chi connectivity index (χ0) is 18.7. The van der Waals surface area contributed by atoms with E-state index in [1.54, 1.807) is 4.90 Å². The summed E-state index contributed by atoms with van der Waals surface area (Å²) in [6.07, 6.45) is 3.25. The minimum atomic E-state index is -0.565. The number of amides is 1. The Hall–Kier alpha value is -2.94. The number of carbonyl (C=O) groups excluding carboxylic acids is 1. The average molecular weight is 379 g/mol. The predicted molar refractivity (Wildman–Crippen MR) is 91.6 cm³/mol. The van der Waals surface area contributed by atoms with Crippen LogP contribution in [-0.2, 0) is 0 Å². The van der Waals surface area contributed by atoms with Crippen molar-refractivity contribution >= 4 is 23.2 Å². The van der Waals surface area contributed by atoms with Gasteiger partial charge >= 0.3 is 0 Å². The highest BCUT2D eigenvalue weighted by Crippen LogP contribution is 2.26. The Morgan fingerprint density at radius 2 is 2.15 bits per heavy atom. The number of non-ortho nitro benzene ring substituents is 1. The van der Waals surface area contributed by atoms with Crippen molar-refractivity contribution in [3.63, 3.8) is 0 Å². The number of nitrogens with zero attached hydrogens (tertiary/aromatic N) is 4. The normalized spacial score (nSPS) is 16.4. The molecule has 0 radical (unpaired) electrons. The highest BCUT2D eigenvalue weighted by atomic mass is 35.5. The number of likely N-dealkylation sites (tertiary alicyclic amines) is 1. The van der Waals surface area contributed by atoms with Gasteiger partial charge in [0.25, 0.3) is 11.6 Å². The molecule has 1 aromatic heterocycles. The van der Waals surface area contributed by atoms with Gasteiger partial charge in [-0.3, -0.25) is 19.9 Å². The summed E-state index contributed by atoms with van der Waals surface area (Å²) in [6.45, 7) is 0.761. The lowest BCUT2D eigenvalue weighted by molar-refractivity contribution is -0.384. The van der Waals surface area contributed by atoms with Crippen molar-refractivity contribution in [3.8, 4) is 11.8 Å². The third kappa shape index (κ3) is 3.83. The number of methoxy groups -OCH3 is 1. The second-order valence-electron chi connectivity index (χ2n) is 5.60. The maximum atomic E-state index is 12.7. The van der Waals surface area contributed by atoms with Crippen LogP contribution in [-0.4, -0.2) is 52.0 Å². The van der Waals surface area contributed by atoms with Gasteiger partial charge in [-0.05, 0) is 6.07 Å². The lowest BCUT2D eigenvalue weighted by atomic mass is 10.2. The van der Waals surface area contributed by atoms with Gasteiger partial charge in [0.05, 0.1) is 41.6 Å². The standard InChI is InChI=1S/C16H15ClN4O5/c1-25-14-7-18-8-15(19-14)26-11-4-5-20(9-11)16(22)12-6-10(21(23)24)2-3-13(12)17/h2-3,6-8,11H,4-5,9H2,1H3. The molecule has 0 aliphatic carbocycles. The molecule has 10 heteroatoms. The van der Waals surface area contributed by atoms with Gasteiger partial charge in [0, 0.05) is 25.1 Å². The molecule has 0 saturated carbocycles. The molecule has 2 heterocycles. The molecule has 1 aliphatic rings. The third-order valence-electron chi connectivity index (χ3n) is 3.91. The molecule has 0 N–H and O–H groups in total. The van der Waals surface area contributed by atoms with Crippen LogP contribution in [0.2, 0.25) is 5.02 Å². The van der Waals surface area contributed by atoms with Gasteiger partial charge in [0.2, 0.25) is 11.8 Å². The summed E-state index contributed by atoms with van der Waals surface area (Å²) >= 11 is 6.04.